The number of nitro groups is 2. The SMILES string of the molecule is O=C(SCC(C=NNc1ccc([N+](=O)[O-])cc1[N+](=O)[O-])c1ccccc1)c1ccccc1. The van der Waals surface area contributed by atoms with E-state index >= 15 is 0 Å². The summed E-state index contributed by atoms with van der Waals surface area (Å²) in [6.45, 7) is 0. The zero-order valence-corrected chi connectivity index (χ0v) is 17.5. The van der Waals surface area contributed by atoms with E-state index in [1.165, 1.54) is 6.07 Å². The molecule has 0 aliphatic rings. The molecule has 0 bridgehead atoms. The lowest BCUT2D eigenvalue weighted by molar-refractivity contribution is -0.393. The predicted molar refractivity (Wildman–Crippen MR) is 124 cm³/mol. The largest absolute Gasteiger partial charge is 0.301 e. The Labute approximate surface area is 187 Å². The third kappa shape index (κ3) is 5.99. The monoisotopic (exact) mass is 450 g/mol. The highest BCUT2D eigenvalue weighted by Crippen LogP contribution is 2.29. The summed E-state index contributed by atoms with van der Waals surface area (Å²) in [5.41, 5.74) is 3.29. The fourth-order valence-corrected chi connectivity index (χ4v) is 3.74. The number of thioether (sulfide) groups is 1. The molecule has 0 aliphatic heterocycles. The lowest BCUT2D eigenvalue weighted by Gasteiger charge is -2.12. The van der Waals surface area contributed by atoms with Crippen LogP contribution in [0, 0.1) is 20.2 Å². The average Bonchev–Trinajstić information content (AvgIpc) is 2.82. The number of hydrogen-bond donors (Lipinski definition) is 1. The van der Waals surface area contributed by atoms with Crippen LogP contribution < -0.4 is 5.43 Å². The van der Waals surface area contributed by atoms with E-state index in [0.717, 1.165) is 29.5 Å². The summed E-state index contributed by atoms with van der Waals surface area (Å²) < 4.78 is 0. The molecule has 0 aliphatic carbocycles. The Morgan fingerprint density at radius 1 is 0.969 bits per heavy atom. The molecule has 3 rings (SSSR count). The molecule has 0 heterocycles. The number of carbonyl (C=O) groups is 1. The van der Waals surface area contributed by atoms with Gasteiger partial charge in [0.1, 0.15) is 5.69 Å². The van der Waals surface area contributed by atoms with E-state index in [-0.39, 0.29) is 22.4 Å². The van der Waals surface area contributed by atoms with Gasteiger partial charge in [-0.2, -0.15) is 5.10 Å². The summed E-state index contributed by atoms with van der Waals surface area (Å²) in [7, 11) is 0. The van der Waals surface area contributed by atoms with Crippen LogP contribution >= 0.6 is 11.8 Å². The number of non-ortho nitro benzene ring substituents is 1. The molecule has 0 radical (unpaired) electrons. The Morgan fingerprint density at radius 2 is 1.62 bits per heavy atom. The lowest BCUT2D eigenvalue weighted by atomic mass is 10.0. The number of nitrogens with zero attached hydrogens (tertiary/aromatic N) is 3. The molecule has 0 spiro atoms. The first-order chi connectivity index (χ1) is 15.5. The van der Waals surface area contributed by atoms with E-state index in [9.17, 15) is 25.0 Å². The first-order valence-corrected chi connectivity index (χ1v) is 10.4. The maximum Gasteiger partial charge on any atom is 0.301 e. The third-order valence-electron chi connectivity index (χ3n) is 4.46. The molecule has 0 saturated heterocycles. The van der Waals surface area contributed by atoms with Crippen molar-refractivity contribution in [2.75, 3.05) is 11.2 Å². The van der Waals surface area contributed by atoms with E-state index in [1.807, 2.05) is 36.4 Å². The van der Waals surface area contributed by atoms with Crippen LogP contribution in [0.5, 0.6) is 0 Å². The molecule has 0 fully saturated rings. The fourth-order valence-electron chi connectivity index (χ4n) is 2.82. The Hall–Kier alpha value is -4.05. The molecule has 3 aromatic carbocycles. The normalized spacial score (nSPS) is 11.8. The van der Waals surface area contributed by atoms with Crippen molar-refractivity contribution in [3.05, 3.63) is 110 Å². The predicted octanol–water partition coefficient (Wildman–Crippen LogP) is 5.26. The third-order valence-corrected chi connectivity index (χ3v) is 5.48. The van der Waals surface area contributed by atoms with Crippen LogP contribution in [0.2, 0.25) is 0 Å². The van der Waals surface area contributed by atoms with Crippen molar-refractivity contribution in [2.45, 2.75) is 5.92 Å². The van der Waals surface area contributed by atoms with Crippen molar-refractivity contribution in [1.82, 2.24) is 0 Å². The number of hydrogen-bond acceptors (Lipinski definition) is 8. The van der Waals surface area contributed by atoms with Gasteiger partial charge in [-0.25, -0.2) is 0 Å². The standard InChI is InChI=1S/C22H18N4O5S/c27-22(17-9-5-2-6-10-17)32-15-18(16-7-3-1-4-8-16)14-23-24-20-12-11-19(25(28)29)13-21(20)26(30)31/h1-14,18,24H,15H2. The summed E-state index contributed by atoms with van der Waals surface area (Å²) in [4.78, 5) is 33.2. The molecule has 0 saturated carbocycles. The quantitative estimate of drug-likeness (QED) is 0.267. The van der Waals surface area contributed by atoms with E-state index < -0.39 is 15.5 Å². The zero-order valence-electron chi connectivity index (χ0n) is 16.7. The van der Waals surface area contributed by atoms with Crippen molar-refractivity contribution >= 4 is 40.2 Å². The Morgan fingerprint density at radius 3 is 2.25 bits per heavy atom. The van der Waals surface area contributed by atoms with Crippen LogP contribution in [0.3, 0.4) is 0 Å². The first kappa shape index (κ1) is 22.6. The minimum absolute atomic E-state index is 0.0247. The molecule has 1 atom stereocenters. The number of benzene rings is 3. The van der Waals surface area contributed by atoms with Crippen molar-refractivity contribution in [3.8, 4) is 0 Å². The summed E-state index contributed by atoms with van der Waals surface area (Å²) in [5.74, 6) is 0.157. The van der Waals surface area contributed by atoms with Gasteiger partial charge in [0, 0.05) is 29.5 Å². The van der Waals surface area contributed by atoms with Gasteiger partial charge < -0.3 is 0 Å². The van der Waals surface area contributed by atoms with Gasteiger partial charge in [0.2, 0.25) is 5.12 Å². The minimum Gasteiger partial charge on any atom is -0.282 e. The molecule has 162 valence electrons. The van der Waals surface area contributed by atoms with Gasteiger partial charge in [-0.05, 0) is 11.6 Å². The zero-order chi connectivity index (χ0) is 22.9. The van der Waals surface area contributed by atoms with E-state index in [2.05, 4.69) is 10.5 Å². The Balaban J connectivity index is 1.76. The second kappa shape index (κ2) is 10.8. The molecule has 1 N–H and O–H groups in total. The molecular weight excluding hydrogens is 432 g/mol. The Kier molecular flexibility index (Phi) is 7.65. The second-order valence-corrected chi connectivity index (χ2v) is 7.58. The van der Waals surface area contributed by atoms with Crippen molar-refractivity contribution in [2.24, 2.45) is 5.10 Å². The molecule has 10 heteroatoms. The highest BCUT2D eigenvalue weighted by molar-refractivity contribution is 8.14. The van der Waals surface area contributed by atoms with Gasteiger partial charge in [0.15, 0.2) is 0 Å². The van der Waals surface area contributed by atoms with Crippen molar-refractivity contribution in [3.63, 3.8) is 0 Å². The molecule has 0 aromatic heterocycles. The van der Waals surface area contributed by atoms with Crippen LogP contribution in [0.1, 0.15) is 21.8 Å². The maximum atomic E-state index is 12.5. The number of carbonyl (C=O) groups excluding carboxylic acids is 1. The average molecular weight is 450 g/mol. The molecule has 32 heavy (non-hydrogen) atoms. The summed E-state index contributed by atoms with van der Waals surface area (Å²) in [5, 5.41) is 26.2. The maximum absolute atomic E-state index is 12.5. The van der Waals surface area contributed by atoms with Crippen molar-refractivity contribution in [1.29, 1.82) is 0 Å². The summed E-state index contributed by atoms with van der Waals surface area (Å²) >= 11 is 1.15. The second-order valence-electron chi connectivity index (χ2n) is 6.59. The summed E-state index contributed by atoms with van der Waals surface area (Å²) in [6, 6.07) is 21.6. The number of nitro benzene ring substituents is 2. The van der Waals surface area contributed by atoms with Gasteiger partial charge in [-0.15, -0.1) is 0 Å². The molecule has 0 amide bonds. The van der Waals surface area contributed by atoms with Crippen LogP contribution in [-0.2, 0) is 0 Å². The van der Waals surface area contributed by atoms with Crippen LogP contribution in [0.25, 0.3) is 0 Å². The topological polar surface area (TPSA) is 128 Å². The van der Waals surface area contributed by atoms with E-state index in [0.29, 0.717) is 11.3 Å². The smallest absolute Gasteiger partial charge is 0.282 e. The lowest BCUT2D eigenvalue weighted by Crippen LogP contribution is -2.08. The number of anilines is 1. The minimum atomic E-state index is -0.714. The molecule has 3 aromatic rings. The van der Waals surface area contributed by atoms with E-state index in [4.69, 9.17) is 0 Å². The first-order valence-electron chi connectivity index (χ1n) is 9.45. The molecular formula is C22H18N4O5S. The highest BCUT2D eigenvalue weighted by atomic mass is 32.2. The van der Waals surface area contributed by atoms with Gasteiger partial charge >= 0.3 is 5.69 Å². The summed E-state index contributed by atoms with van der Waals surface area (Å²) in [6.07, 6.45) is 1.56. The molecule has 9 nitrogen and oxygen atoms in total. The van der Waals surface area contributed by atoms with Crippen LogP contribution in [0.4, 0.5) is 17.1 Å². The van der Waals surface area contributed by atoms with Crippen LogP contribution in [0.15, 0.2) is 84.0 Å². The van der Waals surface area contributed by atoms with Gasteiger partial charge in [-0.3, -0.25) is 30.4 Å². The molecule has 1 unspecified atom stereocenters. The number of nitrogens with one attached hydrogen (secondary N) is 1. The number of rotatable bonds is 9. The Bertz CT molecular complexity index is 1140. The van der Waals surface area contributed by atoms with Crippen LogP contribution in [-0.4, -0.2) is 26.9 Å². The van der Waals surface area contributed by atoms with Gasteiger partial charge in [0.25, 0.3) is 5.69 Å². The van der Waals surface area contributed by atoms with E-state index in [1.54, 1.807) is 30.5 Å². The number of hydrazone groups is 1. The fraction of sp³-hybridized carbons (Fsp3) is 0.0909. The van der Waals surface area contributed by atoms with Crippen molar-refractivity contribution < 1.29 is 14.6 Å². The van der Waals surface area contributed by atoms with Gasteiger partial charge in [0.05, 0.1) is 15.9 Å². The highest BCUT2D eigenvalue weighted by Gasteiger charge is 2.19. The van der Waals surface area contributed by atoms with Gasteiger partial charge in [-0.1, -0.05) is 72.4 Å².